The molecule has 2 heterocycles. The van der Waals surface area contributed by atoms with Gasteiger partial charge in [-0.1, -0.05) is 6.07 Å². The molecule has 1 aromatic carbocycles. The van der Waals surface area contributed by atoms with Gasteiger partial charge in [-0.3, -0.25) is 4.90 Å². The van der Waals surface area contributed by atoms with E-state index in [0.29, 0.717) is 12.0 Å². The fourth-order valence-corrected chi connectivity index (χ4v) is 3.81. The highest BCUT2D eigenvalue weighted by Crippen LogP contribution is 2.38. The molecule has 2 aliphatic rings. The first-order valence-corrected chi connectivity index (χ1v) is 8.58. The molecule has 0 saturated carbocycles. The summed E-state index contributed by atoms with van der Waals surface area (Å²) in [6.07, 6.45) is 2.26. The lowest BCUT2D eigenvalue weighted by Crippen LogP contribution is -2.47. The van der Waals surface area contributed by atoms with Crippen molar-refractivity contribution in [2.24, 2.45) is 5.92 Å². The minimum Gasteiger partial charge on any atom is -0.493 e. The zero-order valence-corrected chi connectivity index (χ0v) is 14.2. The van der Waals surface area contributed by atoms with Gasteiger partial charge in [0.2, 0.25) is 0 Å². The highest BCUT2D eigenvalue weighted by atomic mass is 16.5. The van der Waals surface area contributed by atoms with E-state index < -0.39 is 0 Å². The highest BCUT2D eigenvalue weighted by Gasteiger charge is 2.31. The maximum atomic E-state index is 5.58. The molecule has 1 aromatic rings. The van der Waals surface area contributed by atoms with Gasteiger partial charge in [-0.05, 0) is 36.5 Å². The Balaban J connectivity index is 1.89. The van der Waals surface area contributed by atoms with Gasteiger partial charge in [0, 0.05) is 45.4 Å². The average Bonchev–Trinajstić information content (AvgIpc) is 2.63. The Hall–Kier alpha value is -1.30. The number of benzene rings is 1. The summed E-state index contributed by atoms with van der Waals surface area (Å²) in [6.45, 7) is 6.06. The molecule has 0 bridgehead atoms. The van der Waals surface area contributed by atoms with E-state index in [1.54, 1.807) is 14.2 Å². The van der Waals surface area contributed by atoms with Crippen molar-refractivity contribution in [1.29, 1.82) is 0 Å². The number of nitrogens with zero attached hydrogens (tertiary/aromatic N) is 1. The maximum Gasteiger partial charge on any atom is 0.161 e. The standard InChI is InChI=1S/C18H28N2O3/c1-21-16-4-3-15(13-17(16)22-2)18(14-5-11-23-12-6-14)20-9-7-19-8-10-20/h3-4,13-14,18-19H,5-12H2,1-2H3/t18-/m0/s1. The van der Waals surface area contributed by atoms with Gasteiger partial charge in [0.05, 0.1) is 14.2 Å². The normalized spacial score (nSPS) is 21.8. The molecular weight excluding hydrogens is 292 g/mol. The molecule has 1 N–H and O–H groups in total. The van der Waals surface area contributed by atoms with Crippen molar-refractivity contribution < 1.29 is 14.2 Å². The van der Waals surface area contributed by atoms with Gasteiger partial charge in [-0.15, -0.1) is 0 Å². The number of piperazine rings is 1. The van der Waals surface area contributed by atoms with Crippen molar-refractivity contribution in [3.63, 3.8) is 0 Å². The molecule has 23 heavy (non-hydrogen) atoms. The summed E-state index contributed by atoms with van der Waals surface area (Å²) in [5.41, 5.74) is 1.33. The van der Waals surface area contributed by atoms with Gasteiger partial charge < -0.3 is 19.5 Å². The topological polar surface area (TPSA) is 43.0 Å². The number of nitrogens with one attached hydrogen (secondary N) is 1. The summed E-state index contributed by atoms with van der Waals surface area (Å²) >= 11 is 0. The zero-order valence-electron chi connectivity index (χ0n) is 14.2. The van der Waals surface area contributed by atoms with Crippen LogP contribution in [-0.4, -0.2) is 58.5 Å². The van der Waals surface area contributed by atoms with Crippen LogP contribution in [0.15, 0.2) is 18.2 Å². The Kier molecular flexibility index (Phi) is 5.75. The molecule has 0 unspecified atom stereocenters. The Morgan fingerprint density at radius 2 is 1.78 bits per heavy atom. The van der Waals surface area contributed by atoms with Crippen molar-refractivity contribution in [2.45, 2.75) is 18.9 Å². The predicted molar refractivity (Wildman–Crippen MR) is 90.3 cm³/mol. The van der Waals surface area contributed by atoms with Crippen LogP contribution >= 0.6 is 0 Å². The van der Waals surface area contributed by atoms with Crippen LogP contribution in [0.4, 0.5) is 0 Å². The van der Waals surface area contributed by atoms with Crippen molar-refractivity contribution in [3.8, 4) is 11.5 Å². The van der Waals surface area contributed by atoms with Crippen molar-refractivity contribution in [1.82, 2.24) is 10.2 Å². The van der Waals surface area contributed by atoms with Gasteiger partial charge in [-0.25, -0.2) is 0 Å². The van der Waals surface area contributed by atoms with E-state index in [1.807, 2.05) is 6.07 Å². The second-order valence-electron chi connectivity index (χ2n) is 6.30. The molecule has 0 amide bonds. The molecule has 2 fully saturated rings. The Morgan fingerprint density at radius 3 is 2.43 bits per heavy atom. The lowest BCUT2D eigenvalue weighted by molar-refractivity contribution is 0.0212. The average molecular weight is 320 g/mol. The summed E-state index contributed by atoms with van der Waals surface area (Å²) in [4.78, 5) is 2.62. The number of ether oxygens (including phenoxy) is 3. The molecular formula is C18H28N2O3. The predicted octanol–water partition coefficient (Wildman–Crippen LogP) is 2.08. The van der Waals surface area contributed by atoms with Crippen LogP contribution in [0.2, 0.25) is 0 Å². The summed E-state index contributed by atoms with van der Waals surface area (Å²) < 4.78 is 16.5. The first-order chi connectivity index (χ1) is 11.3. The molecule has 3 rings (SSSR count). The summed E-state index contributed by atoms with van der Waals surface area (Å²) in [5, 5.41) is 3.45. The number of hydrogen-bond donors (Lipinski definition) is 1. The fourth-order valence-electron chi connectivity index (χ4n) is 3.81. The third kappa shape index (κ3) is 3.79. The first-order valence-electron chi connectivity index (χ1n) is 8.58. The molecule has 0 spiro atoms. The van der Waals surface area contributed by atoms with E-state index in [9.17, 15) is 0 Å². The number of rotatable bonds is 5. The molecule has 2 aliphatic heterocycles. The minimum atomic E-state index is 0.431. The minimum absolute atomic E-state index is 0.431. The third-order valence-corrected chi connectivity index (χ3v) is 5.01. The molecule has 0 radical (unpaired) electrons. The Bertz CT molecular complexity index is 479. The van der Waals surface area contributed by atoms with E-state index in [2.05, 4.69) is 22.3 Å². The van der Waals surface area contributed by atoms with Crippen molar-refractivity contribution in [3.05, 3.63) is 23.8 Å². The molecule has 0 aliphatic carbocycles. The van der Waals surface area contributed by atoms with E-state index in [1.165, 1.54) is 5.56 Å². The Morgan fingerprint density at radius 1 is 1.09 bits per heavy atom. The highest BCUT2D eigenvalue weighted by molar-refractivity contribution is 5.44. The quantitative estimate of drug-likeness (QED) is 0.900. The lowest BCUT2D eigenvalue weighted by Gasteiger charge is -2.41. The van der Waals surface area contributed by atoms with Crippen LogP contribution < -0.4 is 14.8 Å². The molecule has 5 heteroatoms. The lowest BCUT2D eigenvalue weighted by atomic mass is 9.85. The van der Waals surface area contributed by atoms with Crippen LogP contribution in [0.3, 0.4) is 0 Å². The van der Waals surface area contributed by atoms with E-state index in [-0.39, 0.29) is 0 Å². The number of hydrogen-bond acceptors (Lipinski definition) is 5. The molecule has 128 valence electrons. The van der Waals surface area contributed by atoms with Crippen LogP contribution in [0, 0.1) is 5.92 Å². The van der Waals surface area contributed by atoms with E-state index in [4.69, 9.17) is 14.2 Å². The zero-order chi connectivity index (χ0) is 16.1. The molecule has 0 aromatic heterocycles. The van der Waals surface area contributed by atoms with Crippen LogP contribution in [0.1, 0.15) is 24.4 Å². The van der Waals surface area contributed by atoms with Crippen LogP contribution in [0.5, 0.6) is 11.5 Å². The smallest absolute Gasteiger partial charge is 0.161 e. The molecule has 5 nitrogen and oxygen atoms in total. The van der Waals surface area contributed by atoms with Gasteiger partial charge in [-0.2, -0.15) is 0 Å². The maximum absolute atomic E-state index is 5.58. The summed E-state index contributed by atoms with van der Waals surface area (Å²) in [5.74, 6) is 2.25. The largest absolute Gasteiger partial charge is 0.493 e. The van der Waals surface area contributed by atoms with Crippen molar-refractivity contribution >= 4 is 0 Å². The molecule has 1 atom stereocenters. The van der Waals surface area contributed by atoms with Gasteiger partial charge in [0.15, 0.2) is 11.5 Å². The molecule has 2 saturated heterocycles. The van der Waals surface area contributed by atoms with E-state index >= 15 is 0 Å². The first kappa shape index (κ1) is 16.6. The number of methoxy groups -OCH3 is 2. The second-order valence-corrected chi connectivity index (χ2v) is 6.30. The SMILES string of the molecule is COc1ccc([C@H](C2CCOCC2)N2CCNCC2)cc1OC. The fraction of sp³-hybridized carbons (Fsp3) is 0.667. The Labute approximate surface area is 138 Å². The van der Waals surface area contributed by atoms with Crippen LogP contribution in [0.25, 0.3) is 0 Å². The van der Waals surface area contributed by atoms with E-state index in [0.717, 1.165) is 63.7 Å². The summed E-state index contributed by atoms with van der Waals surface area (Å²) in [6, 6.07) is 6.81. The second kappa shape index (κ2) is 7.99. The van der Waals surface area contributed by atoms with Gasteiger partial charge >= 0.3 is 0 Å². The third-order valence-electron chi connectivity index (χ3n) is 5.01. The van der Waals surface area contributed by atoms with Gasteiger partial charge in [0.25, 0.3) is 0 Å². The van der Waals surface area contributed by atoms with Gasteiger partial charge in [0.1, 0.15) is 0 Å². The van der Waals surface area contributed by atoms with Crippen LogP contribution in [-0.2, 0) is 4.74 Å². The van der Waals surface area contributed by atoms with Crippen molar-refractivity contribution in [2.75, 3.05) is 53.6 Å². The monoisotopic (exact) mass is 320 g/mol. The summed E-state index contributed by atoms with van der Waals surface area (Å²) in [7, 11) is 3.39.